The van der Waals surface area contributed by atoms with Gasteiger partial charge < -0.3 is 5.32 Å². The number of nitrogens with zero attached hydrogens (tertiary/aromatic N) is 3. The Hall–Kier alpha value is -1.22. The molecule has 5 heteroatoms. The molecule has 1 saturated carbocycles. The molecule has 1 aliphatic carbocycles. The molecular weight excluding hydrogens is 180 g/mol. The number of nitrogens with one attached hydrogen (secondary N) is 1. The van der Waals surface area contributed by atoms with Crippen LogP contribution < -0.4 is 5.32 Å². The van der Waals surface area contributed by atoms with Crippen LogP contribution in [0.3, 0.4) is 0 Å². The molecule has 14 heavy (non-hydrogen) atoms. The molecule has 0 aromatic carbocycles. The fraction of sp³-hybridized carbons (Fsp3) is 0.889. The van der Waals surface area contributed by atoms with Crippen molar-refractivity contribution in [3.63, 3.8) is 0 Å². The van der Waals surface area contributed by atoms with Gasteiger partial charge in [0.1, 0.15) is 0 Å². The summed E-state index contributed by atoms with van der Waals surface area (Å²) in [5.41, 5.74) is 8.00. The standard InChI is InChI=1S/C9H16N4O/c10-13-12-6-2-5-11-9(14)7-8-3-1-4-8/h8H,1-7H2,(H,11,14). The molecular formula is C9H16N4O. The van der Waals surface area contributed by atoms with Gasteiger partial charge in [0.15, 0.2) is 0 Å². The summed E-state index contributed by atoms with van der Waals surface area (Å²) in [5, 5.41) is 6.20. The van der Waals surface area contributed by atoms with E-state index in [0.29, 0.717) is 25.4 Å². The molecule has 5 nitrogen and oxygen atoms in total. The van der Waals surface area contributed by atoms with E-state index in [1.165, 1.54) is 19.3 Å². The van der Waals surface area contributed by atoms with E-state index in [2.05, 4.69) is 15.3 Å². The summed E-state index contributed by atoms with van der Waals surface area (Å²) >= 11 is 0. The molecule has 0 saturated heterocycles. The second kappa shape index (κ2) is 6.27. The van der Waals surface area contributed by atoms with Crippen molar-refractivity contribution in [2.45, 2.75) is 32.1 Å². The van der Waals surface area contributed by atoms with Crippen molar-refractivity contribution in [2.24, 2.45) is 11.0 Å². The molecule has 0 heterocycles. The van der Waals surface area contributed by atoms with E-state index in [1.54, 1.807) is 0 Å². The minimum atomic E-state index is 0.135. The molecule has 1 amide bonds. The Morgan fingerprint density at radius 3 is 2.93 bits per heavy atom. The number of hydrogen-bond donors (Lipinski definition) is 1. The second-order valence-corrected chi connectivity index (χ2v) is 3.66. The molecule has 0 unspecified atom stereocenters. The molecule has 0 atom stereocenters. The van der Waals surface area contributed by atoms with Gasteiger partial charge in [0.25, 0.3) is 0 Å². The maximum atomic E-state index is 11.3. The zero-order valence-electron chi connectivity index (χ0n) is 8.28. The fourth-order valence-corrected chi connectivity index (χ4v) is 1.45. The van der Waals surface area contributed by atoms with Gasteiger partial charge in [0, 0.05) is 24.4 Å². The minimum Gasteiger partial charge on any atom is -0.356 e. The van der Waals surface area contributed by atoms with Crippen molar-refractivity contribution in [1.82, 2.24) is 5.32 Å². The molecule has 0 spiro atoms. The molecule has 1 aliphatic rings. The van der Waals surface area contributed by atoms with Crippen LogP contribution in [-0.2, 0) is 4.79 Å². The molecule has 0 radical (unpaired) electrons. The number of amides is 1. The van der Waals surface area contributed by atoms with Crippen molar-refractivity contribution < 1.29 is 4.79 Å². The van der Waals surface area contributed by atoms with Crippen LogP contribution in [0.4, 0.5) is 0 Å². The summed E-state index contributed by atoms with van der Waals surface area (Å²) in [4.78, 5) is 13.9. The highest BCUT2D eigenvalue weighted by Crippen LogP contribution is 2.28. The first-order chi connectivity index (χ1) is 6.83. The molecule has 0 aromatic heterocycles. The summed E-state index contributed by atoms with van der Waals surface area (Å²) in [6, 6.07) is 0. The van der Waals surface area contributed by atoms with Gasteiger partial charge in [-0.25, -0.2) is 0 Å². The second-order valence-electron chi connectivity index (χ2n) is 3.66. The van der Waals surface area contributed by atoms with Gasteiger partial charge in [-0.1, -0.05) is 11.5 Å². The van der Waals surface area contributed by atoms with Crippen LogP contribution in [0.2, 0.25) is 0 Å². The van der Waals surface area contributed by atoms with E-state index in [9.17, 15) is 4.79 Å². The zero-order chi connectivity index (χ0) is 10.2. The lowest BCUT2D eigenvalue weighted by molar-refractivity contribution is -0.122. The SMILES string of the molecule is [N-]=[N+]=NCCCNC(=O)CC1CCC1. The molecule has 78 valence electrons. The third kappa shape index (κ3) is 4.14. The molecule has 0 bridgehead atoms. The quantitative estimate of drug-likeness (QED) is 0.300. The maximum absolute atomic E-state index is 11.3. The van der Waals surface area contributed by atoms with Crippen molar-refractivity contribution in [2.75, 3.05) is 13.1 Å². The van der Waals surface area contributed by atoms with Crippen LogP contribution in [0.15, 0.2) is 5.11 Å². The van der Waals surface area contributed by atoms with Crippen LogP contribution in [0.25, 0.3) is 10.4 Å². The van der Waals surface area contributed by atoms with E-state index < -0.39 is 0 Å². The largest absolute Gasteiger partial charge is 0.356 e. The smallest absolute Gasteiger partial charge is 0.220 e. The summed E-state index contributed by atoms with van der Waals surface area (Å²) in [6.45, 7) is 1.07. The predicted octanol–water partition coefficient (Wildman–Crippen LogP) is 1.99. The number of hydrogen-bond acceptors (Lipinski definition) is 2. The summed E-state index contributed by atoms with van der Waals surface area (Å²) in [6.07, 6.45) is 5.06. The van der Waals surface area contributed by atoms with Gasteiger partial charge in [-0.15, -0.1) is 0 Å². The molecule has 1 fully saturated rings. The Kier molecular flexibility index (Phi) is 4.86. The lowest BCUT2D eigenvalue weighted by atomic mass is 9.83. The Balaban J connectivity index is 1.94. The fourth-order valence-electron chi connectivity index (χ4n) is 1.45. The lowest BCUT2D eigenvalue weighted by Gasteiger charge is -2.24. The van der Waals surface area contributed by atoms with Crippen LogP contribution in [0.1, 0.15) is 32.1 Å². The predicted molar refractivity (Wildman–Crippen MR) is 53.6 cm³/mol. The topological polar surface area (TPSA) is 77.9 Å². The van der Waals surface area contributed by atoms with E-state index in [4.69, 9.17) is 5.53 Å². The van der Waals surface area contributed by atoms with Crippen molar-refractivity contribution in [3.05, 3.63) is 10.4 Å². The minimum absolute atomic E-state index is 0.135. The molecule has 0 aromatic rings. The summed E-state index contributed by atoms with van der Waals surface area (Å²) < 4.78 is 0. The van der Waals surface area contributed by atoms with Gasteiger partial charge in [-0.3, -0.25) is 4.79 Å². The van der Waals surface area contributed by atoms with Crippen LogP contribution in [-0.4, -0.2) is 19.0 Å². The zero-order valence-corrected chi connectivity index (χ0v) is 8.28. The normalized spacial score (nSPS) is 15.4. The Labute approximate surface area is 83.5 Å². The van der Waals surface area contributed by atoms with Crippen LogP contribution >= 0.6 is 0 Å². The first-order valence-corrected chi connectivity index (χ1v) is 5.10. The van der Waals surface area contributed by atoms with E-state index >= 15 is 0 Å². The highest BCUT2D eigenvalue weighted by Gasteiger charge is 2.19. The lowest BCUT2D eigenvalue weighted by Crippen LogP contribution is -2.28. The van der Waals surface area contributed by atoms with Gasteiger partial charge in [0.05, 0.1) is 0 Å². The van der Waals surface area contributed by atoms with Gasteiger partial charge in [-0.05, 0) is 30.7 Å². The Morgan fingerprint density at radius 2 is 2.36 bits per heavy atom. The van der Waals surface area contributed by atoms with E-state index in [1.807, 2.05) is 0 Å². The number of carbonyl (C=O) groups is 1. The first kappa shape index (κ1) is 10.9. The third-order valence-corrected chi connectivity index (χ3v) is 2.52. The first-order valence-electron chi connectivity index (χ1n) is 5.10. The monoisotopic (exact) mass is 196 g/mol. The molecule has 1 N–H and O–H groups in total. The van der Waals surface area contributed by atoms with Gasteiger partial charge >= 0.3 is 0 Å². The van der Waals surface area contributed by atoms with Crippen LogP contribution in [0, 0.1) is 5.92 Å². The van der Waals surface area contributed by atoms with Gasteiger partial charge in [0.2, 0.25) is 5.91 Å². The van der Waals surface area contributed by atoms with Crippen molar-refractivity contribution >= 4 is 5.91 Å². The van der Waals surface area contributed by atoms with Crippen molar-refractivity contribution in [1.29, 1.82) is 0 Å². The summed E-state index contributed by atoms with van der Waals surface area (Å²) in [5.74, 6) is 0.753. The Morgan fingerprint density at radius 1 is 1.57 bits per heavy atom. The highest BCUT2D eigenvalue weighted by molar-refractivity contribution is 5.76. The molecule has 1 rings (SSSR count). The van der Waals surface area contributed by atoms with Crippen LogP contribution in [0.5, 0.6) is 0 Å². The number of azide groups is 1. The highest BCUT2D eigenvalue weighted by atomic mass is 16.1. The molecule has 0 aliphatic heterocycles. The van der Waals surface area contributed by atoms with Gasteiger partial charge in [-0.2, -0.15) is 0 Å². The number of rotatable bonds is 6. The van der Waals surface area contributed by atoms with Crippen molar-refractivity contribution in [3.8, 4) is 0 Å². The average molecular weight is 196 g/mol. The maximum Gasteiger partial charge on any atom is 0.220 e. The summed E-state index contributed by atoms with van der Waals surface area (Å²) in [7, 11) is 0. The third-order valence-electron chi connectivity index (χ3n) is 2.52. The van der Waals surface area contributed by atoms with E-state index in [0.717, 1.165) is 6.42 Å². The Bertz CT molecular complexity index is 231. The van der Waals surface area contributed by atoms with E-state index in [-0.39, 0.29) is 5.91 Å². The number of carbonyl (C=O) groups excluding carboxylic acids is 1. The average Bonchev–Trinajstić information content (AvgIpc) is 2.11.